The van der Waals surface area contributed by atoms with Crippen LogP contribution in [0.2, 0.25) is 0 Å². The van der Waals surface area contributed by atoms with Gasteiger partial charge in [-0.15, -0.1) is 11.3 Å². The minimum absolute atomic E-state index is 0.129. The number of rotatable bonds is 5. The van der Waals surface area contributed by atoms with Gasteiger partial charge in [0.25, 0.3) is 15.9 Å². The van der Waals surface area contributed by atoms with Crippen LogP contribution >= 0.6 is 11.3 Å². The van der Waals surface area contributed by atoms with Gasteiger partial charge in [-0.05, 0) is 53.3 Å². The standard InChI is InChI=1S/C22H21N3O4S2/c1-23-21(26)15-8-10-18(11-9-15)24-22(27)19-13-16-5-2-3-6-17(16)14-25(19)31(28,29)20-7-4-12-30-20/h2-12,19H,13-14H2,1H3,(H,23,26)(H,24,27)/t19-/m0/s1. The molecule has 1 aromatic heterocycles. The van der Waals surface area contributed by atoms with Crippen LogP contribution in [0.1, 0.15) is 21.5 Å². The first-order valence-electron chi connectivity index (χ1n) is 9.65. The van der Waals surface area contributed by atoms with E-state index in [4.69, 9.17) is 0 Å². The molecule has 2 aromatic carbocycles. The van der Waals surface area contributed by atoms with E-state index in [9.17, 15) is 18.0 Å². The van der Waals surface area contributed by atoms with Crippen LogP contribution in [0, 0.1) is 0 Å². The highest BCUT2D eigenvalue weighted by Crippen LogP contribution is 2.31. The van der Waals surface area contributed by atoms with Crippen LogP contribution in [-0.2, 0) is 27.8 Å². The largest absolute Gasteiger partial charge is 0.355 e. The molecule has 0 aliphatic carbocycles. The van der Waals surface area contributed by atoms with Gasteiger partial charge in [-0.1, -0.05) is 30.3 Å². The van der Waals surface area contributed by atoms with Gasteiger partial charge in [-0.25, -0.2) is 8.42 Å². The number of carbonyl (C=O) groups is 2. The van der Waals surface area contributed by atoms with Crippen molar-refractivity contribution in [1.82, 2.24) is 9.62 Å². The van der Waals surface area contributed by atoms with E-state index in [2.05, 4.69) is 10.6 Å². The summed E-state index contributed by atoms with van der Waals surface area (Å²) in [5.74, 6) is -0.641. The van der Waals surface area contributed by atoms with Crippen LogP contribution in [0.4, 0.5) is 5.69 Å². The van der Waals surface area contributed by atoms with Gasteiger partial charge in [0, 0.05) is 24.8 Å². The SMILES string of the molecule is CNC(=O)c1ccc(NC(=O)[C@@H]2Cc3ccccc3CN2S(=O)(=O)c2cccs2)cc1. The molecule has 0 spiro atoms. The van der Waals surface area contributed by atoms with Crippen molar-refractivity contribution in [3.05, 3.63) is 82.7 Å². The molecule has 1 aliphatic heterocycles. The molecule has 2 amide bonds. The molecule has 31 heavy (non-hydrogen) atoms. The first-order chi connectivity index (χ1) is 14.9. The number of amides is 2. The highest BCUT2D eigenvalue weighted by Gasteiger charge is 2.40. The second-order valence-corrected chi connectivity index (χ2v) is 10.2. The molecule has 0 fully saturated rings. The molecule has 0 bridgehead atoms. The average Bonchev–Trinajstić information content (AvgIpc) is 3.34. The molecule has 2 N–H and O–H groups in total. The van der Waals surface area contributed by atoms with Gasteiger partial charge in [-0.3, -0.25) is 9.59 Å². The van der Waals surface area contributed by atoms with E-state index in [1.807, 2.05) is 24.3 Å². The Morgan fingerprint density at radius 2 is 1.71 bits per heavy atom. The molecular formula is C22H21N3O4S2. The summed E-state index contributed by atoms with van der Waals surface area (Å²) in [6.45, 7) is 0.129. The lowest BCUT2D eigenvalue weighted by atomic mass is 9.95. The number of hydrogen-bond donors (Lipinski definition) is 2. The van der Waals surface area contributed by atoms with Crippen LogP contribution in [0.3, 0.4) is 0 Å². The van der Waals surface area contributed by atoms with Gasteiger partial charge in [0.1, 0.15) is 10.3 Å². The topological polar surface area (TPSA) is 95.6 Å². The van der Waals surface area contributed by atoms with Crippen LogP contribution in [0.15, 0.2) is 70.3 Å². The summed E-state index contributed by atoms with van der Waals surface area (Å²) in [6, 6.07) is 16.3. The summed E-state index contributed by atoms with van der Waals surface area (Å²) in [6.07, 6.45) is 0.281. The summed E-state index contributed by atoms with van der Waals surface area (Å²) in [5, 5.41) is 7.04. The molecule has 2 heterocycles. The first kappa shape index (κ1) is 21.2. The fourth-order valence-electron chi connectivity index (χ4n) is 3.58. The molecule has 0 saturated carbocycles. The van der Waals surface area contributed by atoms with Crippen LogP contribution in [-0.4, -0.2) is 37.6 Å². The third-order valence-corrected chi connectivity index (χ3v) is 8.44. The Kier molecular flexibility index (Phi) is 5.90. The Labute approximate surface area is 184 Å². The Bertz CT molecular complexity index is 1210. The zero-order valence-corrected chi connectivity index (χ0v) is 18.4. The molecule has 1 aliphatic rings. The van der Waals surface area contributed by atoms with Gasteiger partial charge >= 0.3 is 0 Å². The van der Waals surface area contributed by atoms with E-state index < -0.39 is 22.0 Å². The van der Waals surface area contributed by atoms with E-state index in [1.165, 1.54) is 4.31 Å². The number of carbonyl (C=O) groups excluding carboxylic acids is 2. The molecule has 0 unspecified atom stereocenters. The molecule has 0 radical (unpaired) electrons. The average molecular weight is 456 g/mol. The highest BCUT2D eigenvalue weighted by molar-refractivity contribution is 7.91. The van der Waals surface area contributed by atoms with E-state index >= 15 is 0 Å². The fourth-order valence-corrected chi connectivity index (χ4v) is 6.26. The zero-order valence-electron chi connectivity index (χ0n) is 16.7. The van der Waals surface area contributed by atoms with Crippen molar-refractivity contribution in [2.75, 3.05) is 12.4 Å². The normalized spacial score (nSPS) is 16.4. The van der Waals surface area contributed by atoms with Crippen molar-refractivity contribution in [1.29, 1.82) is 0 Å². The van der Waals surface area contributed by atoms with Crippen molar-refractivity contribution in [3.8, 4) is 0 Å². The maximum absolute atomic E-state index is 13.3. The predicted octanol–water partition coefficient (Wildman–Crippen LogP) is 2.86. The van der Waals surface area contributed by atoms with E-state index in [0.717, 1.165) is 22.5 Å². The fraction of sp³-hybridized carbons (Fsp3) is 0.182. The third-order valence-electron chi connectivity index (χ3n) is 5.21. The molecule has 0 saturated heterocycles. The zero-order chi connectivity index (χ0) is 22.0. The van der Waals surface area contributed by atoms with Crippen molar-refractivity contribution in [3.63, 3.8) is 0 Å². The number of nitrogens with zero attached hydrogens (tertiary/aromatic N) is 1. The summed E-state index contributed by atoms with van der Waals surface area (Å²) >= 11 is 1.13. The summed E-state index contributed by atoms with van der Waals surface area (Å²) in [4.78, 5) is 24.9. The summed E-state index contributed by atoms with van der Waals surface area (Å²) < 4.78 is 28.1. The smallest absolute Gasteiger partial charge is 0.253 e. The van der Waals surface area contributed by atoms with E-state index in [0.29, 0.717) is 11.3 Å². The highest BCUT2D eigenvalue weighted by atomic mass is 32.2. The quantitative estimate of drug-likeness (QED) is 0.618. The molecule has 4 rings (SSSR count). The first-order valence-corrected chi connectivity index (χ1v) is 12.0. The lowest BCUT2D eigenvalue weighted by Crippen LogP contribution is -2.50. The van der Waals surface area contributed by atoms with Crippen molar-refractivity contribution in [2.24, 2.45) is 0 Å². The Balaban J connectivity index is 1.63. The maximum atomic E-state index is 13.3. The van der Waals surface area contributed by atoms with Crippen molar-refractivity contribution in [2.45, 2.75) is 23.2 Å². The molecule has 7 nitrogen and oxygen atoms in total. The Morgan fingerprint density at radius 3 is 2.35 bits per heavy atom. The molecule has 160 valence electrons. The van der Waals surface area contributed by atoms with Gasteiger partial charge in [-0.2, -0.15) is 4.31 Å². The van der Waals surface area contributed by atoms with Crippen LogP contribution in [0.5, 0.6) is 0 Å². The number of hydrogen-bond acceptors (Lipinski definition) is 5. The lowest BCUT2D eigenvalue weighted by Gasteiger charge is -2.34. The molecule has 1 atom stereocenters. The van der Waals surface area contributed by atoms with Crippen LogP contribution in [0.25, 0.3) is 0 Å². The summed E-state index contributed by atoms with van der Waals surface area (Å²) in [7, 11) is -2.29. The van der Waals surface area contributed by atoms with Gasteiger partial charge in [0.2, 0.25) is 5.91 Å². The molecule has 9 heteroatoms. The minimum Gasteiger partial charge on any atom is -0.355 e. The second kappa shape index (κ2) is 8.62. The Morgan fingerprint density at radius 1 is 1.00 bits per heavy atom. The van der Waals surface area contributed by atoms with E-state index in [-0.39, 0.29) is 23.1 Å². The van der Waals surface area contributed by atoms with Crippen molar-refractivity contribution >= 4 is 38.9 Å². The number of sulfonamides is 1. The second-order valence-electron chi connectivity index (χ2n) is 7.12. The number of benzene rings is 2. The minimum atomic E-state index is -3.83. The van der Waals surface area contributed by atoms with Crippen LogP contribution < -0.4 is 10.6 Å². The number of anilines is 1. The maximum Gasteiger partial charge on any atom is 0.253 e. The number of thiophene rings is 1. The lowest BCUT2D eigenvalue weighted by molar-refractivity contribution is -0.120. The summed E-state index contributed by atoms with van der Waals surface area (Å²) in [5.41, 5.74) is 2.80. The monoisotopic (exact) mass is 455 g/mol. The Hall–Kier alpha value is -3.01. The number of fused-ring (bicyclic) bond motifs is 1. The van der Waals surface area contributed by atoms with Gasteiger partial charge in [0.15, 0.2) is 0 Å². The van der Waals surface area contributed by atoms with E-state index in [1.54, 1.807) is 48.8 Å². The third kappa shape index (κ3) is 4.25. The number of nitrogens with one attached hydrogen (secondary N) is 2. The van der Waals surface area contributed by atoms with Gasteiger partial charge in [0.05, 0.1) is 0 Å². The van der Waals surface area contributed by atoms with Gasteiger partial charge < -0.3 is 10.6 Å². The molecular weight excluding hydrogens is 434 g/mol. The predicted molar refractivity (Wildman–Crippen MR) is 119 cm³/mol. The van der Waals surface area contributed by atoms with Crippen molar-refractivity contribution < 1.29 is 18.0 Å². The molecule has 3 aromatic rings.